The predicted octanol–water partition coefficient (Wildman–Crippen LogP) is 0.933. The van der Waals surface area contributed by atoms with E-state index < -0.39 is 5.97 Å². The third kappa shape index (κ3) is 2.87. The van der Waals surface area contributed by atoms with Crippen LogP contribution >= 0.6 is 11.8 Å². The Morgan fingerprint density at radius 2 is 2.30 bits per heavy atom. The number of nitrogens with one attached hydrogen (secondary N) is 1. The average Bonchev–Trinajstić information content (AvgIpc) is 2.77. The largest absolute Gasteiger partial charge is 0.478 e. The first-order chi connectivity index (χ1) is 9.50. The monoisotopic (exact) mass is 295 g/mol. The van der Waals surface area contributed by atoms with Gasteiger partial charge in [-0.2, -0.15) is 0 Å². The van der Waals surface area contributed by atoms with Crippen LogP contribution in [0.25, 0.3) is 0 Å². The average molecular weight is 295 g/mol. The minimum Gasteiger partial charge on any atom is -0.478 e. The van der Waals surface area contributed by atoms with Gasteiger partial charge in [-0.05, 0) is 13.8 Å². The highest BCUT2D eigenvalue weighted by molar-refractivity contribution is 7.98. The number of aromatic amines is 1. The van der Waals surface area contributed by atoms with Gasteiger partial charge in [0.25, 0.3) is 0 Å². The molecule has 2 rings (SSSR count). The van der Waals surface area contributed by atoms with Crippen molar-refractivity contribution < 1.29 is 9.90 Å². The maximum atomic E-state index is 11.6. The van der Waals surface area contributed by atoms with Crippen LogP contribution in [0.5, 0.6) is 0 Å². The minimum absolute atomic E-state index is 0.0342. The number of thioether (sulfide) groups is 1. The van der Waals surface area contributed by atoms with Crippen LogP contribution in [0.1, 0.15) is 35.9 Å². The summed E-state index contributed by atoms with van der Waals surface area (Å²) in [5.74, 6) is -0.786. The van der Waals surface area contributed by atoms with Gasteiger partial charge in [0.1, 0.15) is 11.9 Å². The summed E-state index contributed by atoms with van der Waals surface area (Å²) in [6, 6.07) is -0.0342. The summed E-state index contributed by atoms with van der Waals surface area (Å²) in [6.07, 6.45) is 2.55. The van der Waals surface area contributed by atoms with Gasteiger partial charge in [-0.15, -0.1) is 5.10 Å². The molecule has 0 amide bonds. The van der Waals surface area contributed by atoms with Gasteiger partial charge < -0.3 is 5.11 Å². The third-order valence-corrected chi connectivity index (χ3v) is 3.52. The summed E-state index contributed by atoms with van der Waals surface area (Å²) in [6.45, 7) is 3.74. The Morgan fingerprint density at radius 3 is 2.95 bits per heavy atom. The molecule has 0 radical (unpaired) electrons. The number of aromatic nitrogens is 5. The maximum Gasteiger partial charge on any atom is 0.344 e. The fraction of sp³-hybridized carbons (Fsp3) is 0.364. The molecule has 0 aromatic carbocycles. The van der Waals surface area contributed by atoms with Crippen molar-refractivity contribution in [2.45, 2.75) is 30.8 Å². The van der Waals surface area contributed by atoms with E-state index in [0.29, 0.717) is 16.6 Å². The van der Waals surface area contributed by atoms with Crippen molar-refractivity contribution >= 4 is 17.7 Å². The van der Waals surface area contributed by atoms with Crippen LogP contribution in [0.2, 0.25) is 0 Å². The molecule has 0 saturated carbocycles. The fourth-order valence-corrected chi connectivity index (χ4v) is 2.67. The summed E-state index contributed by atoms with van der Waals surface area (Å²) in [7, 11) is 0. The number of carboxylic acid groups (broad SMARTS) is 1. The standard InChI is InChI=1S/C11H13N5O3S/c1-6(2)16-10(19)14-15-11(16)20-4-8-7(9(17)18)3-12-5-13-8/h3,5-6H,4H2,1-2H3,(H,14,19)(H,17,18). The van der Waals surface area contributed by atoms with Crippen molar-refractivity contribution in [2.24, 2.45) is 0 Å². The Labute approximate surface area is 118 Å². The van der Waals surface area contributed by atoms with E-state index in [4.69, 9.17) is 5.11 Å². The molecule has 20 heavy (non-hydrogen) atoms. The topological polar surface area (TPSA) is 114 Å². The van der Waals surface area contributed by atoms with Crippen molar-refractivity contribution in [1.29, 1.82) is 0 Å². The van der Waals surface area contributed by atoms with E-state index in [2.05, 4.69) is 20.2 Å². The molecule has 9 heteroatoms. The lowest BCUT2D eigenvalue weighted by Crippen LogP contribution is -2.19. The first kappa shape index (κ1) is 14.3. The number of carbonyl (C=O) groups is 1. The van der Waals surface area contributed by atoms with Crippen LogP contribution < -0.4 is 5.69 Å². The number of aromatic carboxylic acids is 1. The molecule has 0 aliphatic heterocycles. The van der Waals surface area contributed by atoms with E-state index in [9.17, 15) is 9.59 Å². The van der Waals surface area contributed by atoms with Crippen molar-refractivity contribution in [3.05, 3.63) is 34.3 Å². The molecule has 2 heterocycles. The zero-order valence-corrected chi connectivity index (χ0v) is 11.7. The predicted molar refractivity (Wildman–Crippen MR) is 71.8 cm³/mol. The molecule has 0 unspecified atom stereocenters. The smallest absolute Gasteiger partial charge is 0.344 e. The van der Waals surface area contributed by atoms with Crippen LogP contribution in [0.4, 0.5) is 0 Å². The first-order valence-electron chi connectivity index (χ1n) is 5.82. The van der Waals surface area contributed by atoms with Crippen molar-refractivity contribution in [3.63, 3.8) is 0 Å². The SMILES string of the molecule is CC(C)n1c(SCc2ncncc2C(=O)O)n[nH]c1=O. The lowest BCUT2D eigenvalue weighted by molar-refractivity contribution is 0.0695. The summed E-state index contributed by atoms with van der Waals surface area (Å²) < 4.78 is 1.51. The molecule has 0 aliphatic rings. The van der Waals surface area contributed by atoms with E-state index in [1.165, 1.54) is 28.9 Å². The molecule has 0 atom stereocenters. The third-order valence-electron chi connectivity index (χ3n) is 2.55. The second-order valence-corrected chi connectivity index (χ2v) is 5.19. The quantitative estimate of drug-likeness (QED) is 0.789. The van der Waals surface area contributed by atoms with E-state index in [1.54, 1.807) is 0 Å². The molecule has 0 spiro atoms. The molecule has 106 valence electrons. The Kier molecular flexibility index (Phi) is 4.18. The highest BCUT2D eigenvalue weighted by atomic mass is 32.2. The molecular formula is C11H13N5O3S. The van der Waals surface area contributed by atoms with Crippen LogP contribution in [0.3, 0.4) is 0 Å². The van der Waals surface area contributed by atoms with Gasteiger partial charge >= 0.3 is 11.7 Å². The van der Waals surface area contributed by atoms with Crippen LogP contribution in [-0.4, -0.2) is 35.8 Å². The Bertz CT molecular complexity index is 679. The van der Waals surface area contributed by atoms with Crippen molar-refractivity contribution in [1.82, 2.24) is 24.7 Å². The number of hydrogen-bond donors (Lipinski definition) is 2. The number of carboxylic acids is 1. The summed E-state index contributed by atoms with van der Waals surface area (Å²) in [5.41, 5.74) is 0.154. The molecule has 2 N–H and O–H groups in total. The van der Waals surface area contributed by atoms with Crippen LogP contribution in [0.15, 0.2) is 22.5 Å². The van der Waals surface area contributed by atoms with E-state index >= 15 is 0 Å². The normalized spacial score (nSPS) is 10.9. The summed E-state index contributed by atoms with van der Waals surface area (Å²) in [4.78, 5) is 30.3. The second kappa shape index (κ2) is 5.87. The Hall–Kier alpha value is -2.16. The number of hydrogen-bond acceptors (Lipinski definition) is 6. The lowest BCUT2D eigenvalue weighted by Gasteiger charge is -2.08. The van der Waals surface area contributed by atoms with Crippen molar-refractivity contribution in [3.8, 4) is 0 Å². The molecule has 0 fully saturated rings. The van der Waals surface area contributed by atoms with Gasteiger partial charge in [-0.25, -0.2) is 24.7 Å². The van der Waals surface area contributed by atoms with Crippen molar-refractivity contribution in [2.75, 3.05) is 0 Å². The van der Waals surface area contributed by atoms with E-state index in [0.717, 1.165) is 0 Å². The van der Waals surface area contributed by atoms with Gasteiger partial charge in [0, 0.05) is 18.0 Å². The van der Waals surface area contributed by atoms with Gasteiger partial charge in [0.05, 0.1) is 5.69 Å². The van der Waals surface area contributed by atoms with Gasteiger partial charge in [0.2, 0.25) is 0 Å². The number of H-pyrrole nitrogens is 1. The second-order valence-electron chi connectivity index (χ2n) is 4.25. The summed E-state index contributed by atoms with van der Waals surface area (Å²) in [5, 5.41) is 15.8. The summed E-state index contributed by atoms with van der Waals surface area (Å²) >= 11 is 1.25. The highest BCUT2D eigenvalue weighted by Crippen LogP contribution is 2.22. The van der Waals surface area contributed by atoms with Gasteiger partial charge in [-0.1, -0.05) is 11.8 Å². The zero-order chi connectivity index (χ0) is 14.7. The number of nitrogens with zero attached hydrogens (tertiary/aromatic N) is 4. The van der Waals surface area contributed by atoms with E-state index in [-0.39, 0.29) is 17.3 Å². The molecular weight excluding hydrogens is 282 g/mol. The number of rotatable bonds is 5. The lowest BCUT2D eigenvalue weighted by atomic mass is 10.2. The highest BCUT2D eigenvalue weighted by Gasteiger charge is 2.15. The molecule has 0 saturated heterocycles. The molecule has 0 aliphatic carbocycles. The fourth-order valence-electron chi connectivity index (χ4n) is 1.63. The van der Waals surface area contributed by atoms with Crippen LogP contribution in [0, 0.1) is 0 Å². The Morgan fingerprint density at radius 1 is 1.55 bits per heavy atom. The molecule has 8 nitrogen and oxygen atoms in total. The van der Waals surface area contributed by atoms with Crippen LogP contribution in [-0.2, 0) is 5.75 Å². The Balaban J connectivity index is 2.22. The van der Waals surface area contributed by atoms with E-state index in [1.807, 2.05) is 13.8 Å². The molecule has 2 aromatic rings. The molecule has 0 bridgehead atoms. The molecule has 2 aromatic heterocycles. The van der Waals surface area contributed by atoms with Gasteiger partial charge in [-0.3, -0.25) is 4.57 Å². The van der Waals surface area contributed by atoms with Gasteiger partial charge in [0.15, 0.2) is 5.16 Å². The minimum atomic E-state index is -1.08. The first-order valence-corrected chi connectivity index (χ1v) is 6.81. The zero-order valence-electron chi connectivity index (χ0n) is 10.9. The maximum absolute atomic E-state index is 11.6.